The quantitative estimate of drug-likeness (QED) is 0.643. The second kappa shape index (κ2) is 6.80. The van der Waals surface area contributed by atoms with Gasteiger partial charge < -0.3 is 9.47 Å². The van der Waals surface area contributed by atoms with E-state index in [2.05, 4.69) is 16.6 Å². The van der Waals surface area contributed by atoms with Gasteiger partial charge in [0.2, 0.25) is 0 Å². The molecule has 0 amide bonds. The number of esters is 1. The molecule has 0 aromatic carbocycles. The van der Waals surface area contributed by atoms with Crippen molar-refractivity contribution in [2.45, 2.75) is 32.2 Å². The van der Waals surface area contributed by atoms with Crippen molar-refractivity contribution in [3.05, 3.63) is 0 Å². The molecule has 1 aliphatic heterocycles. The van der Waals surface area contributed by atoms with E-state index in [0.29, 0.717) is 12.5 Å². The van der Waals surface area contributed by atoms with E-state index in [1.54, 1.807) is 0 Å². The first kappa shape index (κ1) is 12.5. The van der Waals surface area contributed by atoms with Crippen molar-refractivity contribution in [3.8, 4) is 0 Å². The van der Waals surface area contributed by atoms with Crippen molar-refractivity contribution in [1.82, 2.24) is 4.90 Å². The van der Waals surface area contributed by atoms with E-state index in [4.69, 9.17) is 4.74 Å². The van der Waals surface area contributed by atoms with Crippen LogP contribution in [0.25, 0.3) is 0 Å². The molecule has 1 rings (SSSR count). The molecule has 0 radical (unpaired) electrons. The fraction of sp³-hybridized carbons (Fsp3) is 0.909. The van der Waals surface area contributed by atoms with Gasteiger partial charge in [0.15, 0.2) is 0 Å². The minimum Gasteiger partial charge on any atom is -0.469 e. The minimum atomic E-state index is -0.115. The van der Waals surface area contributed by atoms with E-state index >= 15 is 0 Å². The summed E-state index contributed by atoms with van der Waals surface area (Å²) in [4.78, 5) is 13.3. The summed E-state index contributed by atoms with van der Waals surface area (Å²) in [7, 11) is 1.44. The Morgan fingerprint density at radius 1 is 1.60 bits per heavy atom. The molecule has 4 heteroatoms. The average Bonchev–Trinajstić information content (AvgIpc) is 2.29. The summed E-state index contributed by atoms with van der Waals surface area (Å²) >= 11 is 0. The number of carbonyl (C=O) groups is 1. The second-order valence-electron chi connectivity index (χ2n) is 3.85. The zero-order valence-corrected chi connectivity index (χ0v) is 9.70. The Morgan fingerprint density at radius 3 is 3.07 bits per heavy atom. The standard InChI is InChI=1S/C11H21NO3/c1-3-10-9-15-8-7-12(10)6-4-5-11(13)14-2/h10H,3-9H2,1-2H3. The Hall–Kier alpha value is -0.610. The molecule has 4 nitrogen and oxygen atoms in total. The third kappa shape index (κ3) is 4.18. The minimum absolute atomic E-state index is 0.115. The molecule has 1 atom stereocenters. The highest BCUT2D eigenvalue weighted by Gasteiger charge is 2.20. The molecule has 15 heavy (non-hydrogen) atoms. The number of morpholine rings is 1. The van der Waals surface area contributed by atoms with Crippen molar-refractivity contribution in [2.75, 3.05) is 33.4 Å². The van der Waals surface area contributed by atoms with Crippen LogP contribution in [0.1, 0.15) is 26.2 Å². The molecular formula is C11H21NO3. The number of hydrogen-bond donors (Lipinski definition) is 0. The van der Waals surface area contributed by atoms with E-state index in [1.807, 2.05) is 0 Å². The zero-order valence-electron chi connectivity index (χ0n) is 9.70. The van der Waals surface area contributed by atoms with Gasteiger partial charge in [0, 0.05) is 19.0 Å². The maximum atomic E-state index is 10.9. The van der Waals surface area contributed by atoms with Crippen LogP contribution >= 0.6 is 0 Å². The van der Waals surface area contributed by atoms with Gasteiger partial charge >= 0.3 is 5.97 Å². The highest BCUT2D eigenvalue weighted by molar-refractivity contribution is 5.69. The fourth-order valence-corrected chi connectivity index (χ4v) is 1.89. The van der Waals surface area contributed by atoms with Crippen LogP contribution in [0.3, 0.4) is 0 Å². The summed E-state index contributed by atoms with van der Waals surface area (Å²) in [6.07, 6.45) is 2.51. The topological polar surface area (TPSA) is 38.8 Å². The van der Waals surface area contributed by atoms with Gasteiger partial charge in [-0.3, -0.25) is 9.69 Å². The van der Waals surface area contributed by atoms with E-state index in [9.17, 15) is 4.79 Å². The molecular weight excluding hydrogens is 194 g/mol. The van der Waals surface area contributed by atoms with E-state index in [1.165, 1.54) is 7.11 Å². The first-order chi connectivity index (χ1) is 7.27. The van der Waals surface area contributed by atoms with Crippen LogP contribution < -0.4 is 0 Å². The Labute approximate surface area is 91.5 Å². The molecule has 1 fully saturated rings. The summed E-state index contributed by atoms with van der Waals surface area (Å²) in [6, 6.07) is 0.524. The summed E-state index contributed by atoms with van der Waals surface area (Å²) in [5, 5.41) is 0. The number of ether oxygens (including phenoxy) is 2. The Bertz CT molecular complexity index is 196. The predicted octanol–water partition coefficient (Wildman–Crippen LogP) is 1.05. The summed E-state index contributed by atoms with van der Waals surface area (Å²) in [5.74, 6) is -0.115. The van der Waals surface area contributed by atoms with Crippen LogP contribution in [0.2, 0.25) is 0 Å². The van der Waals surface area contributed by atoms with E-state index in [0.717, 1.165) is 39.1 Å². The average molecular weight is 215 g/mol. The molecule has 88 valence electrons. The zero-order chi connectivity index (χ0) is 11.1. The molecule has 0 aromatic rings. The molecule has 0 saturated carbocycles. The van der Waals surface area contributed by atoms with Gasteiger partial charge in [-0.15, -0.1) is 0 Å². The summed E-state index contributed by atoms with van der Waals surface area (Å²) < 4.78 is 10.0. The van der Waals surface area contributed by atoms with Crippen molar-refractivity contribution in [2.24, 2.45) is 0 Å². The highest BCUT2D eigenvalue weighted by Crippen LogP contribution is 2.11. The van der Waals surface area contributed by atoms with Crippen LogP contribution in [0.15, 0.2) is 0 Å². The number of methoxy groups -OCH3 is 1. The van der Waals surface area contributed by atoms with Crippen molar-refractivity contribution >= 4 is 5.97 Å². The van der Waals surface area contributed by atoms with Gasteiger partial charge in [0.25, 0.3) is 0 Å². The molecule has 1 saturated heterocycles. The molecule has 0 spiro atoms. The van der Waals surface area contributed by atoms with Crippen molar-refractivity contribution in [3.63, 3.8) is 0 Å². The van der Waals surface area contributed by atoms with E-state index in [-0.39, 0.29) is 5.97 Å². The number of nitrogens with zero attached hydrogens (tertiary/aromatic N) is 1. The highest BCUT2D eigenvalue weighted by atomic mass is 16.5. The third-order valence-electron chi connectivity index (χ3n) is 2.87. The Morgan fingerprint density at radius 2 is 2.40 bits per heavy atom. The number of carbonyl (C=O) groups excluding carboxylic acids is 1. The fourth-order valence-electron chi connectivity index (χ4n) is 1.89. The van der Waals surface area contributed by atoms with Crippen LogP contribution in [0.5, 0.6) is 0 Å². The Kier molecular flexibility index (Phi) is 5.65. The largest absolute Gasteiger partial charge is 0.469 e. The lowest BCUT2D eigenvalue weighted by Crippen LogP contribution is -2.45. The van der Waals surface area contributed by atoms with Crippen LogP contribution in [0.4, 0.5) is 0 Å². The lowest BCUT2D eigenvalue weighted by atomic mass is 10.1. The van der Waals surface area contributed by atoms with Gasteiger partial charge in [-0.2, -0.15) is 0 Å². The van der Waals surface area contributed by atoms with Crippen molar-refractivity contribution < 1.29 is 14.3 Å². The lowest BCUT2D eigenvalue weighted by Gasteiger charge is -2.34. The molecule has 1 heterocycles. The lowest BCUT2D eigenvalue weighted by molar-refractivity contribution is -0.140. The molecule has 1 aliphatic rings. The number of hydrogen-bond acceptors (Lipinski definition) is 4. The second-order valence-corrected chi connectivity index (χ2v) is 3.85. The third-order valence-corrected chi connectivity index (χ3v) is 2.87. The maximum absolute atomic E-state index is 10.9. The van der Waals surface area contributed by atoms with Gasteiger partial charge in [-0.05, 0) is 19.4 Å². The van der Waals surface area contributed by atoms with Gasteiger partial charge in [-0.1, -0.05) is 6.92 Å². The first-order valence-electron chi connectivity index (χ1n) is 5.66. The smallest absolute Gasteiger partial charge is 0.305 e. The molecule has 0 N–H and O–H groups in total. The molecule has 1 unspecified atom stereocenters. The van der Waals surface area contributed by atoms with Gasteiger partial charge in [-0.25, -0.2) is 0 Å². The predicted molar refractivity (Wildman–Crippen MR) is 57.7 cm³/mol. The number of rotatable bonds is 5. The summed E-state index contributed by atoms with van der Waals surface area (Å²) in [5.41, 5.74) is 0. The van der Waals surface area contributed by atoms with Crippen LogP contribution in [-0.4, -0.2) is 50.3 Å². The monoisotopic (exact) mass is 215 g/mol. The molecule has 0 aromatic heterocycles. The maximum Gasteiger partial charge on any atom is 0.305 e. The normalized spacial score (nSPS) is 22.7. The van der Waals surface area contributed by atoms with Crippen molar-refractivity contribution in [1.29, 1.82) is 0 Å². The SMILES string of the molecule is CCC1COCCN1CCCC(=O)OC. The van der Waals surface area contributed by atoms with Crippen LogP contribution in [0, 0.1) is 0 Å². The summed E-state index contributed by atoms with van der Waals surface area (Å²) in [6.45, 7) is 5.77. The van der Waals surface area contributed by atoms with Gasteiger partial charge in [0.05, 0.1) is 20.3 Å². The van der Waals surface area contributed by atoms with Crippen LogP contribution in [-0.2, 0) is 14.3 Å². The molecule has 0 aliphatic carbocycles. The Balaban J connectivity index is 2.20. The van der Waals surface area contributed by atoms with E-state index < -0.39 is 0 Å². The van der Waals surface area contributed by atoms with Gasteiger partial charge in [0.1, 0.15) is 0 Å². The molecule has 0 bridgehead atoms. The first-order valence-corrected chi connectivity index (χ1v) is 5.66.